The molecule has 0 aromatic heterocycles. The summed E-state index contributed by atoms with van der Waals surface area (Å²) >= 11 is 0. The van der Waals surface area contributed by atoms with Gasteiger partial charge in [-0.15, -0.1) is 0 Å². The number of rotatable bonds is 5. The Morgan fingerprint density at radius 2 is 2.00 bits per heavy atom. The third kappa shape index (κ3) is 4.05. The molecule has 0 fully saturated rings. The van der Waals surface area contributed by atoms with Crippen LogP contribution in [0.4, 0.5) is 0 Å². The lowest BCUT2D eigenvalue weighted by atomic mass is 10.2. The molecule has 0 aliphatic carbocycles. The zero-order valence-corrected chi connectivity index (χ0v) is 8.42. The molecule has 0 radical (unpaired) electrons. The van der Waals surface area contributed by atoms with Gasteiger partial charge >= 0.3 is 0 Å². The highest BCUT2D eigenvalue weighted by atomic mass is 16.1. The Morgan fingerprint density at radius 1 is 1.29 bits per heavy atom. The molecule has 0 unspecified atom stereocenters. The fourth-order valence-electron chi connectivity index (χ4n) is 1.12. The fraction of sp³-hybridized carbons (Fsp3) is 0.364. The number of benzene rings is 1. The molecule has 3 heteroatoms. The molecule has 14 heavy (non-hydrogen) atoms. The van der Waals surface area contributed by atoms with Gasteiger partial charge in [0, 0.05) is 19.5 Å². The van der Waals surface area contributed by atoms with E-state index in [0.717, 1.165) is 12.1 Å². The van der Waals surface area contributed by atoms with E-state index in [2.05, 4.69) is 10.6 Å². The van der Waals surface area contributed by atoms with Crippen molar-refractivity contribution in [2.45, 2.75) is 13.0 Å². The average Bonchev–Trinajstić information content (AvgIpc) is 2.25. The Balaban J connectivity index is 2.24. The third-order valence-electron chi connectivity index (χ3n) is 1.93. The van der Waals surface area contributed by atoms with Crippen LogP contribution in [0.3, 0.4) is 0 Å². The summed E-state index contributed by atoms with van der Waals surface area (Å²) in [5.41, 5.74) is 1.13. The van der Waals surface area contributed by atoms with Gasteiger partial charge in [-0.1, -0.05) is 30.3 Å². The molecule has 1 rings (SSSR count). The van der Waals surface area contributed by atoms with Crippen molar-refractivity contribution in [1.82, 2.24) is 10.6 Å². The summed E-state index contributed by atoms with van der Waals surface area (Å²) in [5.74, 6) is 0.0863. The van der Waals surface area contributed by atoms with Crippen LogP contribution in [0.15, 0.2) is 30.3 Å². The van der Waals surface area contributed by atoms with E-state index in [1.54, 1.807) is 0 Å². The summed E-state index contributed by atoms with van der Waals surface area (Å²) in [7, 11) is 1.84. The molecular formula is C11H16N2O. The lowest BCUT2D eigenvalue weighted by Gasteiger charge is -2.04. The van der Waals surface area contributed by atoms with Gasteiger partial charge in [0.1, 0.15) is 0 Å². The molecule has 0 saturated carbocycles. The molecule has 76 valence electrons. The van der Waals surface area contributed by atoms with Gasteiger partial charge < -0.3 is 10.6 Å². The van der Waals surface area contributed by atoms with Crippen molar-refractivity contribution < 1.29 is 4.79 Å². The smallest absolute Gasteiger partial charge is 0.221 e. The molecule has 1 aromatic rings. The highest BCUT2D eigenvalue weighted by Gasteiger charge is 1.98. The van der Waals surface area contributed by atoms with E-state index in [0.29, 0.717) is 13.0 Å². The highest BCUT2D eigenvalue weighted by Crippen LogP contribution is 1.97. The van der Waals surface area contributed by atoms with Gasteiger partial charge in [0.15, 0.2) is 0 Å². The minimum atomic E-state index is 0.0863. The van der Waals surface area contributed by atoms with Gasteiger partial charge in [0.05, 0.1) is 0 Å². The minimum absolute atomic E-state index is 0.0863. The molecule has 2 N–H and O–H groups in total. The Labute approximate surface area is 84.5 Å². The van der Waals surface area contributed by atoms with E-state index in [4.69, 9.17) is 0 Å². The molecule has 0 saturated heterocycles. The van der Waals surface area contributed by atoms with Crippen molar-refractivity contribution >= 4 is 5.91 Å². The first-order valence-corrected chi connectivity index (χ1v) is 4.78. The number of amides is 1. The maximum Gasteiger partial charge on any atom is 0.221 e. The zero-order chi connectivity index (χ0) is 10.2. The predicted molar refractivity (Wildman–Crippen MR) is 56.8 cm³/mol. The second-order valence-electron chi connectivity index (χ2n) is 3.12. The maximum absolute atomic E-state index is 11.2. The molecule has 0 aliphatic heterocycles. The molecule has 1 amide bonds. The molecular weight excluding hydrogens is 176 g/mol. The SMILES string of the molecule is CNCCC(=O)NCc1ccccc1. The van der Waals surface area contributed by atoms with E-state index in [1.807, 2.05) is 37.4 Å². The fourth-order valence-corrected chi connectivity index (χ4v) is 1.12. The first kappa shape index (κ1) is 10.7. The number of hydrogen-bond donors (Lipinski definition) is 2. The van der Waals surface area contributed by atoms with Crippen LogP contribution in [0.5, 0.6) is 0 Å². The van der Waals surface area contributed by atoms with Crippen molar-refractivity contribution in [1.29, 1.82) is 0 Å². The first-order valence-electron chi connectivity index (χ1n) is 4.78. The van der Waals surface area contributed by atoms with Crippen LogP contribution in [0.2, 0.25) is 0 Å². The molecule has 0 aliphatic rings. The number of hydrogen-bond acceptors (Lipinski definition) is 2. The second kappa shape index (κ2) is 6.16. The Hall–Kier alpha value is -1.35. The highest BCUT2D eigenvalue weighted by molar-refractivity contribution is 5.76. The lowest BCUT2D eigenvalue weighted by Crippen LogP contribution is -2.25. The van der Waals surface area contributed by atoms with Crippen LogP contribution < -0.4 is 10.6 Å². The van der Waals surface area contributed by atoms with Gasteiger partial charge in [-0.2, -0.15) is 0 Å². The zero-order valence-electron chi connectivity index (χ0n) is 8.42. The second-order valence-corrected chi connectivity index (χ2v) is 3.12. The molecule has 3 nitrogen and oxygen atoms in total. The lowest BCUT2D eigenvalue weighted by molar-refractivity contribution is -0.121. The summed E-state index contributed by atoms with van der Waals surface area (Å²) in [5, 5.41) is 5.79. The van der Waals surface area contributed by atoms with Crippen LogP contribution >= 0.6 is 0 Å². The third-order valence-corrected chi connectivity index (χ3v) is 1.93. The average molecular weight is 192 g/mol. The number of carbonyl (C=O) groups excluding carboxylic acids is 1. The van der Waals surface area contributed by atoms with Crippen LogP contribution in [0, 0.1) is 0 Å². The van der Waals surface area contributed by atoms with Crippen molar-refractivity contribution in [3.8, 4) is 0 Å². The monoisotopic (exact) mass is 192 g/mol. The topological polar surface area (TPSA) is 41.1 Å². The molecule has 1 aromatic carbocycles. The molecule has 0 heterocycles. The quantitative estimate of drug-likeness (QED) is 0.728. The van der Waals surface area contributed by atoms with Crippen molar-refractivity contribution in [3.63, 3.8) is 0 Å². The van der Waals surface area contributed by atoms with Gasteiger partial charge in [-0.25, -0.2) is 0 Å². The minimum Gasteiger partial charge on any atom is -0.352 e. The predicted octanol–water partition coefficient (Wildman–Crippen LogP) is 0.912. The van der Waals surface area contributed by atoms with Crippen LogP contribution in [0.25, 0.3) is 0 Å². The summed E-state index contributed by atoms with van der Waals surface area (Å²) in [6, 6.07) is 9.90. The molecule has 0 bridgehead atoms. The Kier molecular flexibility index (Phi) is 4.72. The molecule has 0 atom stereocenters. The first-order chi connectivity index (χ1) is 6.83. The Morgan fingerprint density at radius 3 is 2.64 bits per heavy atom. The molecule has 0 spiro atoms. The van der Waals surface area contributed by atoms with Crippen molar-refractivity contribution in [3.05, 3.63) is 35.9 Å². The van der Waals surface area contributed by atoms with Gasteiger partial charge in [-0.05, 0) is 12.6 Å². The van der Waals surface area contributed by atoms with E-state index in [1.165, 1.54) is 0 Å². The van der Waals surface area contributed by atoms with E-state index < -0.39 is 0 Å². The number of nitrogens with one attached hydrogen (secondary N) is 2. The largest absolute Gasteiger partial charge is 0.352 e. The van der Waals surface area contributed by atoms with E-state index in [9.17, 15) is 4.79 Å². The van der Waals surface area contributed by atoms with Crippen LogP contribution in [-0.4, -0.2) is 19.5 Å². The summed E-state index contributed by atoms with van der Waals surface area (Å²) < 4.78 is 0. The standard InChI is InChI=1S/C11H16N2O/c1-12-8-7-11(14)13-9-10-5-3-2-4-6-10/h2-6,12H,7-9H2,1H3,(H,13,14). The normalized spacial score (nSPS) is 9.79. The van der Waals surface area contributed by atoms with Gasteiger partial charge in [0.2, 0.25) is 5.91 Å². The van der Waals surface area contributed by atoms with Crippen LogP contribution in [0.1, 0.15) is 12.0 Å². The Bertz CT molecular complexity index is 272. The van der Waals surface area contributed by atoms with E-state index in [-0.39, 0.29) is 5.91 Å². The summed E-state index contributed by atoms with van der Waals surface area (Å²) in [6.07, 6.45) is 0.531. The summed E-state index contributed by atoms with van der Waals surface area (Å²) in [4.78, 5) is 11.2. The van der Waals surface area contributed by atoms with Gasteiger partial charge in [0.25, 0.3) is 0 Å². The maximum atomic E-state index is 11.2. The van der Waals surface area contributed by atoms with E-state index >= 15 is 0 Å². The van der Waals surface area contributed by atoms with Gasteiger partial charge in [-0.3, -0.25) is 4.79 Å². The van der Waals surface area contributed by atoms with Crippen LogP contribution in [-0.2, 0) is 11.3 Å². The number of carbonyl (C=O) groups is 1. The van der Waals surface area contributed by atoms with Crippen molar-refractivity contribution in [2.24, 2.45) is 0 Å². The van der Waals surface area contributed by atoms with Crippen molar-refractivity contribution in [2.75, 3.05) is 13.6 Å². The summed E-state index contributed by atoms with van der Waals surface area (Å²) in [6.45, 7) is 1.34.